The molecule has 2 aromatic heterocycles. The van der Waals surface area contributed by atoms with Gasteiger partial charge in [-0.05, 0) is 60.9 Å². The van der Waals surface area contributed by atoms with E-state index in [2.05, 4.69) is 4.98 Å². The van der Waals surface area contributed by atoms with Crippen molar-refractivity contribution in [2.45, 2.75) is 36.6 Å². The molecule has 1 aliphatic heterocycles. The Kier molecular flexibility index (Phi) is 2.77. The first-order valence-electron chi connectivity index (χ1n) is 8.00. The highest BCUT2D eigenvalue weighted by Gasteiger charge is 2.56. The third kappa shape index (κ3) is 1.97. The summed E-state index contributed by atoms with van der Waals surface area (Å²) in [6.07, 6.45) is 6.51. The molecule has 0 aromatic carbocycles. The van der Waals surface area contributed by atoms with E-state index in [1.165, 1.54) is 31.9 Å². The van der Waals surface area contributed by atoms with Gasteiger partial charge in [-0.1, -0.05) is 0 Å². The van der Waals surface area contributed by atoms with Gasteiger partial charge in [0.2, 0.25) is 10.0 Å². The SMILES string of the molecule is O=S(=O)(c1cnc2ccsc2c1)N1CC(C2CC2)C1C1CC1. The Morgan fingerprint density at radius 1 is 1.18 bits per heavy atom. The van der Waals surface area contributed by atoms with Crippen LogP contribution >= 0.6 is 11.3 Å². The van der Waals surface area contributed by atoms with Gasteiger partial charge >= 0.3 is 0 Å². The molecule has 3 aliphatic rings. The van der Waals surface area contributed by atoms with Gasteiger partial charge in [-0.3, -0.25) is 4.98 Å². The van der Waals surface area contributed by atoms with Crippen LogP contribution in [0.4, 0.5) is 0 Å². The summed E-state index contributed by atoms with van der Waals surface area (Å²) < 4.78 is 28.7. The van der Waals surface area contributed by atoms with E-state index >= 15 is 0 Å². The maximum atomic E-state index is 13.0. The molecule has 4 nitrogen and oxygen atoms in total. The average Bonchev–Trinajstić information content (AvgIpc) is 3.38. The van der Waals surface area contributed by atoms with Crippen LogP contribution in [-0.2, 0) is 10.0 Å². The van der Waals surface area contributed by atoms with Gasteiger partial charge in [0, 0.05) is 18.8 Å². The smallest absolute Gasteiger partial charge is 0.244 e. The number of rotatable bonds is 4. The molecule has 0 amide bonds. The molecule has 22 heavy (non-hydrogen) atoms. The second-order valence-corrected chi connectivity index (χ2v) is 9.72. The van der Waals surface area contributed by atoms with E-state index in [-0.39, 0.29) is 6.04 Å². The zero-order valence-corrected chi connectivity index (χ0v) is 13.8. The van der Waals surface area contributed by atoms with Gasteiger partial charge in [0.25, 0.3) is 0 Å². The molecule has 2 aliphatic carbocycles. The van der Waals surface area contributed by atoms with Gasteiger partial charge in [-0.15, -0.1) is 11.3 Å². The van der Waals surface area contributed by atoms with Crippen LogP contribution in [0.5, 0.6) is 0 Å². The second-order valence-electron chi connectivity index (χ2n) is 6.88. The van der Waals surface area contributed by atoms with Crippen LogP contribution in [0, 0.1) is 17.8 Å². The summed E-state index contributed by atoms with van der Waals surface area (Å²) in [7, 11) is -3.39. The first-order valence-corrected chi connectivity index (χ1v) is 10.3. The lowest BCUT2D eigenvalue weighted by Crippen LogP contribution is -2.60. The summed E-state index contributed by atoms with van der Waals surface area (Å²) in [5.74, 6) is 2.00. The van der Waals surface area contributed by atoms with E-state index in [0.29, 0.717) is 16.7 Å². The van der Waals surface area contributed by atoms with E-state index in [0.717, 1.165) is 22.7 Å². The summed E-state index contributed by atoms with van der Waals surface area (Å²) in [5.41, 5.74) is 0.877. The molecule has 2 unspecified atom stereocenters. The Bertz CT molecular complexity index is 837. The molecular formula is C16H18N2O2S2. The Balaban J connectivity index is 1.49. The maximum absolute atomic E-state index is 13.0. The summed E-state index contributed by atoms with van der Waals surface area (Å²) in [5, 5.41) is 1.95. The van der Waals surface area contributed by atoms with E-state index in [9.17, 15) is 8.42 Å². The summed E-state index contributed by atoms with van der Waals surface area (Å²) >= 11 is 1.54. The fourth-order valence-electron chi connectivity index (χ4n) is 3.85. The molecule has 1 saturated heterocycles. The lowest BCUT2D eigenvalue weighted by atomic mass is 9.84. The first-order chi connectivity index (χ1) is 10.6. The van der Waals surface area contributed by atoms with Crippen molar-refractivity contribution in [3.05, 3.63) is 23.7 Å². The van der Waals surface area contributed by atoms with Crippen LogP contribution in [0.3, 0.4) is 0 Å². The molecule has 2 saturated carbocycles. The number of fused-ring (bicyclic) bond motifs is 1. The molecule has 0 radical (unpaired) electrons. The van der Waals surface area contributed by atoms with Crippen LogP contribution in [0.1, 0.15) is 25.7 Å². The fourth-order valence-corrected chi connectivity index (χ4v) is 6.45. The maximum Gasteiger partial charge on any atom is 0.244 e. The molecule has 5 rings (SSSR count). The molecule has 0 spiro atoms. The Morgan fingerprint density at radius 3 is 2.68 bits per heavy atom. The molecule has 3 fully saturated rings. The molecule has 6 heteroatoms. The van der Waals surface area contributed by atoms with Gasteiger partial charge in [0.15, 0.2) is 0 Å². The minimum atomic E-state index is -3.39. The van der Waals surface area contributed by atoms with Gasteiger partial charge in [0.1, 0.15) is 4.90 Å². The van der Waals surface area contributed by atoms with Crippen molar-refractivity contribution in [3.63, 3.8) is 0 Å². The molecule has 3 heterocycles. The minimum absolute atomic E-state index is 0.261. The van der Waals surface area contributed by atoms with Crippen molar-refractivity contribution in [2.75, 3.05) is 6.54 Å². The highest BCUT2D eigenvalue weighted by Crippen LogP contribution is 2.53. The normalized spacial score (nSPS) is 29.6. The molecule has 0 bridgehead atoms. The average molecular weight is 334 g/mol. The Morgan fingerprint density at radius 2 is 1.95 bits per heavy atom. The van der Waals surface area contributed by atoms with Gasteiger partial charge in [-0.2, -0.15) is 4.31 Å². The van der Waals surface area contributed by atoms with E-state index in [1.807, 2.05) is 11.4 Å². The van der Waals surface area contributed by atoms with Crippen molar-refractivity contribution >= 4 is 31.6 Å². The standard InChI is InChI=1S/C16H18N2O2S2/c19-22(20,12-7-15-14(17-8-12)5-6-21-15)18-9-13(10-1-2-10)16(18)11-3-4-11/h5-8,10-11,13,16H,1-4,9H2. The third-order valence-electron chi connectivity index (χ3n) is 5.38. The number of hydrogen-bond acceptors (Lipinski definition) is 4. The van der Waals surface area contributed by atoms with Crippen molar-refractivity contribution in [2.24, 2.45) is 17.8 Å². The van der Waals surface area contributed by atoms with Crippen molar-refractivity contribution in [3.8, 4) is 0 Å². The van der Waals surface area contributed by atoms with Gasteiger partial charge < -0.3 is 0 Å². The minimum Gasteiger partial charge on any atom is -0.254 e. The van der Waals surface area contributed by atoms with Crippen LogP contribution in [-0.4, -0.2) is 30.3 Å². The number of hydrogen-bond donors (Lipinski definition) is 0. The lowest BCUT2D eigenvalue weighted by molar-refractivity contribution is 0.0657. The topological polar surface area (TPSA) is 50.3 Å². The van der Waals surface area contributed by atoms with Crippen molar-refractivity contribution in [1.82, 2.24) is 9.29 Å². The molecule has 116 valence electrons. The van der Waals surface area contributed by atoms with Crippen LogP contribution in [0.25, 0.3) is 10.2 Å². The quantitative estimate of drug-likeness (QED) is 0.863. The zero-order chi connectivity index (χ0) is 14.9. The largest absolute Gasteiger partial charge is 0.254 e. The number of aromatic nitrogens is 1. The summed E-state index contributed by atoms with van der Waals surface area (Å²) in [6.45, 7) is 0.719. The Hall–Kier alpha value is -0.980. The second kappa shape index (κ2) is 4.52. The lowest BCUT2D eigenvalue weighted by Gasteiger charge is -2.47. The first kappa shape index (κ1) is 13.5. The highest BCUT2D eigenvalue weighted by molar-refractivity contribution is 7.89. The van der Waals surface area contributed by atoms with Crippen LogP contribution < -0.4 is 0 Å². The Labute approximate surface area is 134 Å². The zero-order valence-electron chi connectivity index (χ0n) is 12.2. The molecule has 2 aromatic rings. The fraction of sp³-hybridized carbons (Fsp3) is 0.562. The van der Waals surface area contributed by atoms with Gasteiger partial charge in [0.05, 0.1) is 10.2 Å². The number of sulfonamides is 1. The molecule has 0 N–H and O–H groups in total. The third-order valence-corrected chi connectivity index (χ3v) is 8.06. The van der Waals surface area contributed by atoms with Crippen LogP contribution in [0.2, 0.25) is 0 Å². The van der Waals surface area contributed by atoms with Crippen LogP contribution in [0.15, 0.2) is 28.6 Å². The summed E-state index contributed by atoms with van der Waals surface area (Å²) in [6, 6.07) is 3.98. The van der Waals surface area contributed by atoms with Crippen molar-refractivity contribution < 1.29 is 8.42 Å². The van der Waals surface area contributed by atoms with Crippen molar-refractivity contribution in [1.29, 1.82) is 0 Å². The number of thiophene rings is 1. The molecule has 2 atom stereocenters. The predicted molar refractivity (Wildman–Crippen MR) is 86.2 cm³/mol. The number of pyridine rings is 1. The van der Waals surface area contributed by atoms with E-state index < -0.39 is 10.0 Å². The van der Waals surface area contributed by atoms with Gasteiger partial charge in [-0.25, -0.2) is 8.42 Å². The summed E-state index contributed by atoms with van der Waals surface area (Å²) in [4.78, 5) is 4.67. The van der Waals surface area contributed by atoms with E-state index in [1.54, 1.807) is 21.7 Å². The number of nitrogens with zero attached hydrogens (tertiary/aromatic N) is 2. The van der Waals surface area contributed by atoms with E-state index in [4.69, 9.17) is 0 Å². The monoisotopic (exact) mass is 334 g/mol. The highest BCUT2D eigenvalue weighted by atomic mass is 32.2. The predicted octanol–water partition coefficient (Wildman–Crippen LogP) is 3.11. The molecular weight excluding hydrogens is 316 g/mol.